The third-order valence-corrected chi connectivity index (χ3v) is 7.59. The number of rotatable bonds is 5. The zero-order valence-corrected chi connectivity index (χ0v) is 19.6. The molecule has 0 saturated carbocycles. The minimum absolute atomic E-state index is 0.445. The molecule has 1 aromatic carbocycles. The lowest BCUT2D eigenvalue weighted by Crippen LogP contribution is -2.42. The Balaban J connectivity index is 1.48. The molecule has 2 fully saturated rings. The summed E-state index contributed by atoms with van der Waals surface area (Å²) in [6.45, 7) is 3.40. The maximum Gasteiger partial charge on any atom is 0.409 e. The lowest BCUT2D eigenvalue weighted by atomic mass is 9.88. The van der Waals surface area contributed by atoms with Gasteiger partial charge in [-0.1, -0.05) is 19.1 Å². The number of nitrogens with one attached hydrogen (secondary N) is 1. The number of hydrogen-bond donors (Lipinski definition) is 2. The zero-order chi connectivity index (χ0) is 23.9. The van der Waals surface area contributed by atoms with Crippen LogP contribution in [0.1, 0.15) is 44.2 Å². The van der Waals surface area contributed by atoms with Gasteiger partial charge in [-0.15, -0.1) is 0 Å². The lowest BCUT2D eigenvalue weighted by Gasteiger charge is -2.38. The van der Waals surface area contributed by atoms with Crippen LogP contribution in [0.15, 0.2) is 61.1 Å². The molecule has 3 aromatic heterocycles. The van der Waals surface area contributed by atoms with E-state index in [1.54, 1.807) is 24.5 Å². The normalized spacial score (nSPS) is 21.9. The van der Waals surface area contributed by atoms with E-state index in [4.69, 9.17) is 15.2 Å². The second-order valence-electron chi connectivity index (χ2n) is 9.46. The van der Waals surface area contributed by atoms with Crippen molar-refractivity contribution in [3.05, 3.63) is 66.7 Å². The van der Waals surface area contributed by atoms with Gasteiger partial charge in [0.25, 0.3) is 0 Å². The van der Waals surface area contributed by atoms with E-state index in [-0.39, 0.29) is 0 Å². The molecule has 2 aliphatic heterocycles. The number of nitrogens with zero attached hydrogens (tertiary/aromatic N) is 5. The molecule has 178 valence electrons. The molecule has 2 aliphatic rings. The molecule has 0 aliphatic carbocycles. The second-order valence-corrected chi connectivity index (χ2v) is 9.46. The largest absolute Gasteiger partial charge is 0.465 e. The van der Waals surface area contributed by atoms with Crippen LogP contribution in [-0.4, -0.2) is 54.3 Å². The smallest absolute Gasteiger partial charge is 0.409 e. The van der Waals surface area contributed by atoms with Gasteiger partial charge in [-0.3, -0.25) is 15.2 Å². The molecule has 2 N–H and O–H groups in total. The van der Waals surface area contributed by atoms with Gasteiger partial charge in [-0.05, 0) is 68.1 Å². The zero-order valence-electron chi connectivity index (χ0n) is 19.6. The molecule has 0 radical (unpaired) electrons. The summed E-state index contributed by atoms with van der Waals surface area (Å²) in [6, 6.07) is 14.7. The summed E-state index contributed by atoms with van der Waals surface area (Å²) in [5.74, 6) is 0.445. The molecule has 2 atom stereocenters. The van der Waals surface area contributed by atoms with Gasteiger partial charge in [0, 0.05) is 53.5 Å². The molecule has 2 saturated heterocycles. The van der Waals surface area contributed by atoms with Crippen LogP contribution < -0.4 is 5.32 Å². The maximum atomic E-state index is 11.0. The maximum absolute atomic E-state index is 11.0. The Morgan fingerprint density at radius 3 is 2.37 bits per heavy atom. The predicted molar refractivity (Wildman–Crippen MR) is 134 cm³/mol. The molecular weight excluding hydrogens is 440 g/mol. The molecule has 1 amide bonds. The summed E-state index contributed by atoms with van der Waals surface area (Å²) in [5.41, 5.74) is 6.25. The van der Waals surface area contributed by atoms with E-state index in [9.17, 15) is 4.79 Å². The first kappa shape index (κ1) is 21.7. The molecular formula is C27H28N6O2. The standard InChI is InChI=1S/C27H28N6O2/c1-2-32-21-7-8-22(32)16-19(15-21)23-11-14-29-26-24(17-3-5-20(6-4-17)30-27(34)35)25(31-33(23)26)18-9-12-28-13-10-18/h3-6,9-14,19,21-22,30H,2,7-8,15-16H2,1H3,(H,34,35). The van der Waals surface area contributed by atoms with E-state index in [0.717, 1.165) is 47.4 Å². The average Bonchev–Trinajstić information content (AvgIpc) is 3.38. The number of benzene rings is 1. The lowest BCUT2D eigenvalue weighted by molar-refractivity contribution is 0.132. The quantitative estimate of drug-likeness (QED) is 0.414. The Kier molecular flexibility index (Phi) is 5.45. The van der Waals surface area contributed by atoms with Crippen LogP contribution in [0, 0.1) is 0 Å². The Bertz CT molecular complexity index is 1350. The number of anilines is 1. The fourth-order valence-corrected chi connectivity index (χ4v) is 6.13. The molecule has 4 aromatic rings. The van der Waals surface area contributed by atoms with Gasteiger partial charge in [0.2, 0.25) is 0 Å². The number of hydrogen-bond acceptors (Lipinski definition) is 5. The number of fused-ring (bicyclic) bond motifs is 3. The molecule has 6 rings (SSSR count). The highest BCUT2D eigenvalue weighted by molar-refractivity contribution is 5.91. The molecule has 8 heteroatoms. The predicted octanol–water partition coefficient (Wildman–Crippen LogP) is 5.28. The van der Waals surface area contributed by atoms with Crippen LogP contribution in [-0.2, 0) is 0 Å². The number of aromatic nitrogens is 4. The van der Waals surface area contributed by atoms with Gasteiger partial charge in [-0.25, -0.2) is 14.3 Å². The SMILES string of the molecule is CCN1C2CCC1CC(c1ccnc3c(-c4ccc(NC(=O)O)cc4)c(-c4ccncc4)nn13)C2. The molecule has 0 spiro atoms. The topological polar surface area (TPSA) is 95.7 Å². The van der Waals surface area contributed by atoms with Gasteiger partial charge in [-0.2, -0.15) is 5.10 Å². The first-order valence-corrected chi connectivity index (χ1v) is 12.3. The molecule has 2 bridgehead atoms. The van der Waals surface area contributed by atoms with Crippen LogP contribution in [0.5, 0.6) is 0 Å². The minimum Gasteiger partial charge on any atom is -0.465 e. The van der Waals surface area contributed by atoms with E-state index in [2.05, 4.69) is 28.2 Å². The van der Waals surface area contributed by atoms with Gasteiger partial charge in [0.15, 0.2) is 5.65 Å². The van der Waals surface area contributed by atoms with Crippen molar-refractivity contribution in [1.82, 2.24) is 24.5 Å². The third kappa shape index (κ3) is 3.83. The van der Waals surface area contributed by atoms with Crippen LogP contribution >= 0.6 is 0 Å². The summed E-state index contributed by atoms with van der Waals surface area (Å²) in [5, 5.41) is 16.6. The average molecular weight is 469 g/mol. The third-order valence-electron chi connectivity index (χ3n) is 7.59. The van der Waals surface area contributed by atoms with Crippen molar-refractivity contribution in [1.29, 1.82) is 0 Å². The highest BCUT2D eigenvalue weighted by Gasteiger charge is 2.41. The fraction of sp³-hybridized carbons (Fsp3) is 0.333. The van der Waals surface area contributed by atoms with Gasteiger partial charge >= 0.3 is 6.09 Å². The van der Waals surface area contributed by atoms with Crippen LogP contribution in [0.2, 0.25) is 0 Å². The summed E-state index contributed by atoms with van der Waals surface area (Å²) in [6.07, 6.45) is 9.24. The Morgan fingerprint density at radius 2 is 1.71 bits per heavy atom. The highest BCUT2D eigenvalue weighted by Crippen LogP contribution is 2.44. The van der Waals surface area contributed by atoms with Crippen molar-refractivity contribution in [3.63, 3.8) is 0 Å². The van der Waals surface area contributed by atoms with E-state index in [1.165, 1.54) is 18.5 Å². The summed E-state index contributed by atoms with van der Waals surface area (Å²) < 4.78 is 2.04. The number of piperidine rings is 1. The number of amides is 1. The summed E-state index contributed by atoms with van der Waals surface area (Å²) in [4.78, 5) is 22.7. The Morgan fingerprint density at radius 1 is 1.00 bits per heavy atom. The van der Waals surface area contributed by atoms with Crippen molar-refractivity contribution in [2.24, 2.45) is 0 Å². The van der Waals surface area contributed by atoms with Crippen molar-refractivity contribution in [3.8, 4) is 22.4 Å². The van der Waals surface area contributed by atoms with Gasteiger partial charge < -0.3 is 5.11 Å². The first-order valence-electron chi connectivity index (χ1n) is 12.3. The van der Waals surface area contributed by atoms with Gasteiger partial charge in [0.05, 0.1) is 5.56 Å². The van der Waals surface area contributed by atoms with Crippen LogP contribution in [0.25, 0.3) is 28.0 Å². The fourth-order valence-electron chi connectivity index (χ4n) is 6.13. The van der Waals surface area contributed by atoms with E-state index >= 15 is 0 Å². The van der Waals surface area contributed by atoms with Gasteiger partial charge in [0.1, 0.15) is 5.69 Å². The van der Waals surface area contributed by atoms with Crippen molar-refractivity contribution >= 4 is 17.4 Å². The number of pyridine rings is 1. The van der Waals surface area contributed by atoms with Crippen molar-refractivity contribution < 1.29 is 9.90 Å². The number of carbonyl (C=O) groups is 1. The minimum atomic E-state index is -1.08. The van der Waals surface area contributed by atoms with Crippen molar-refractivity contribution in [2.45, 2.75) is 50.6 Å². The van der Waals surface area contributed by atoms with E-state index in [1.807, 2.05) is 35.0 Å². The molecule has 35 heavy (non-hydrogen) atoms. The molecule has 5 heterocycles. The summed E-state index contributed by atoms with van der Waals surface area (Å²) >= 11 is 0. The Hall–Kier alpha value is -3.78. The molecule has 8 nitrogen and oxygen atoms in total. The first-order chi connectivity index (χ1) is 17.1. The summed E-state index contributed by atoms with van der Waals surface area (Å²) in [7, 11) is 0. The Labute approximate surface area is 203 Å². The monoisotopic (exact) mass is 468 g/mol. The van der Waals surface area contributed by atoms with Crippen LogP contribution in [0.3, 0.4) is 0 Å². The van der Waals surface area contributed by atoms with Crippen molar-refractivity contribution in [2.75, 3.05) is 11.9 Å². The molecule has 2 unspecified atom stereocenters. The second kappa shape index (κ2) is 8.78. The van der Waals surface area contributed by atoms with E-state index < -0.39 is 6.09 Å². The number of carboxylic acid groups (broad SMARTS) is 1. The van der Waals surface area contributed by atoms with Crippen LogP contribution in [0.4, 0.5) is 10.5 Å². The highest BCUT2D eigenvalue weighted by atomic mass is 16.4. The van der Waals surface area contributed by atoms with E-state index in [0.29, 0.717) is 23.7 Å².